The minimum absolute atomic E-state index is 0.0805. The summed E-state index contributed by atoms with van der Waals surface area (Å²) in [4.78, 5) is 0. The topological polar surface area (TPSA) is 38.0 Å². The third-order valence-corrected chi connectivity index (χ3v) is 3.57. The van der Waals surface area contributed by atoms with Crippen molar-refractivity contribution in [3.05, 3.63) is 0 Å². The van der Waals surface area contributed by atoms with E-state index in [1.54, 1.807) is 0 Å². The molecule has 3 heteroatoms. The molecule has 0 saturated heterocycles. The highest BCUT2D eigenvalue weighted by Gasteiger charge is 2.36. The van der Waals surface area contributed by atoms with E-state index in [-0.39, 0.29) is 4.75 Å². The normalized spacial score (nSPS) is 36.2. The average Bonchev–Trinajstić information content (AvgIpc) is 2.01. The molecule has 0 aromatic heterocycles. The molecule has 0 unspecified atom stereocenters. The van der Waals surface area contributed by atoms with E-state index < -0.39 is 0 Å². The Morgan fingerprint density at radius 1 is 1.38 bits per heavy atom. The molecule has 1 aliphatic carbocycles. The van der Waals surface area contributed by atoms with Crippen molar-refractivity contribution in [2.24, 2.45) is 17.7 Å². The van der Waals surface area contributed by atoms with Gasteiger partial charge in [-0.15, -0.1) is 0 Å². The second kappa shape index (κ2) is 4.20. The molecule has 13 heavy (non-hydrogen) atoms. The van der Waals surface area contributed by atoms with Crippen LogP contribution in [0.3, 0.4) is 0 Å². The second-order valence-electron chi connectivity index (χ2n) is 4.95. The predicted molar refractivity (Wildman–Crippen MR) is 60.7 cm³/mol. The number of hydrogen-bond acceptors (Lipinski definition) is 3. The molecule has 1 aliphatic rings. The van der Waals surface area contributed by atoms with Crippen molar-refractivity contribution in [3.8, 4) is 0 Å². The van der Waals surface area contributed by atoms with E-state index in [2.05, 4.69) is 38.8 Å². The average molecular weight is 202 g/mol. The van der Waals surface area contributed by atoms with Crippen molar-refractivity contribution < 1.29 is 0 Å². The first-order valence-corrected chi connectivity index (χ1v) is 5.58. The SMILES string of the molecule is C[C@@H]1CC[C@@H](C(C)(C)S)[C@H](NN)C1. The molecule has 1 rings (SSSR count). The highest BCUT2D eigenvalue weighted by Crippen LogP contribution is 2.38. The highest BCUT2D eigenvalue weighted by molar-refractivity contribution is 7.81. The van der Waals surface area contributed by atoms with Crippen LogP contribution in [0.25, 0.3) is 0 Å². The smallest absolute Gasteiger partial charge is 0.0254 e. The first-order chi connectivity index (χ1) is 5.95. The highest BCUT2D eigenvalue weighted by atomic mass is 32.1. The van der Waals surface area contributed by atoms with Gasteiger partial charge in [-0.25, -0.2) is 0 Å². The lowest BCUT2D eigenvalue weighted by Crippen LogP contribution is -2.50. The molecule has 1 saturated carbocycles. The minimum atomic E-state index is 0.0805. The number of nitrogens with one attached hydrogen (secondary N) is 1. The first-order valence-electron chi connectivity index (χ1n) is 5.13. The molecule has 78 valence electrons. The Balaban J connectivity index is 2.63. The van der Waals surface area contributed by atoms with E-state index in [1.807, 2.05) is 0 Å². The summed E-state index contributed by atoms with van der Waals surface area (Å²) in [6.45, 7) is 6.66. The zero-order valence-electron chi connectivity index (χ0n) is 8.88. The lowest BCUT2D eigenvalue weighted by molar-refractivity contribution is 0.187. The van der Waals surface area contributed by atoms with Crippen LogP contribution >= 0.6 is 12.6 Å². The molecule has 3 N–H and O–H groups in total. The summed E-state index contributed by atoms with van der Waals surface area (Å²) < 4.78 is 0.0805. The van der Waals surface area contributed by atoms with E-state index >= 15 is 0 Å². The molecule has 0 heterocycles. The summed E-state index contributed by atoms with van der Waals surface area (Å²) in [5, 5.41) is 0. The fourth-order valence-electron chi connectivity index (χ4n) is 2.41. The zero-order chi connectivity index (χ0) is 10.1. The second-order valence-corrected chi connectivity index (χ2v) is 6.10. The van der Waals surface area contributed by atoms with Crippen LogP contribution in [0, 0.1) is 11.8 Å². The standard InChI is InChI=1S/C10H22N2S/c1-7-4-5-8(10(2,3)13)9(6-7)12-11/h7-9,12-13H,4-6,11H2,1-3H3/t7-,8-,9-/m1/s1. The fourth-order valence-corrected chi connectivity index (χ4v) is 2.72. The van der Waals surface area contributed by atoms with Gasteiger partial charge in [-0.05, 0) is 24.7 Å². The van der Waals surface area contributed by atoms with Gasteiger partial charge < -0.3 is 0 Å². The quantitative estimate of drug-likeness (QED) is 0.364. The third-order valence-electron chi connectivity index (χ3n) is 3.23. The number of hydrogen-bond donors (Lipinski definition) is 3. The Morgan fingerprint density at radius 3 is 2.46 bits per heavy atom. The Kier molecular flexibility index (Phi) is 3.66. The maximum absolute atomic E-state index is 5.57. The zero-order valence-corrected chi connectivity index (χ0v) is 9.77. The fraction of sp³-hybridized carbons (Fsp3) is 1.00. The van der Waals surface area contributed by atoms with Crippen LogP contribution in [0.2, 0.25) is 0 Å². The van der Waals surface area contributed by atoms with E-state index in [1.165, 1.54) is 19.3 Å². The van der Waals surface area contributed by atoms with Crippen molar-refractivity contribution in [1.29, 1.82) is 0 Å². The van der Waals surface area contributed by atoms with E-state index in [4.69, 9.17) is 5.84 Å². The van der Waals surface area contributed by atoms with Gasteiger partial charge in [-0.1, -0.05) is 27.2 Å². The van der Waals surface area contributed by atoms with E-state index in [0.717, 1.165) is 5.92 Å². The first kappa shape index (κ1) is 11.3. The van der Waals surface area contributed by atoms with Crippen LogP contribution in [0.1, 0.15) is 40.0 Å². The molecule has 1 fully saturated rings. The molecule has 0 aromatic carbocycles. The van der Waals surface area contributed by atoms with Crippen molar-refractivity contribution >= 4 is 12.6 Å². The Bertz CT molecular complexity index is 165. The Hall–Kier alpha value is 0.270. The van der Waals surface area contributed by atoms with Gasteiger partial charge in [0.2, 0.25) is 0 Å². The van der Waals surface area contributed by atoms with Gasteiger partial charge in [0.15, 0.2) is 0 Å². The van der Waals surface area contributed by atoms with Crippen molar-refractivity contribution in [3.63, 3.8) is 0 Å². The molecule has 3 atom stereocenters. The summed E-state index contributed by atoms with van der Waals surface area (Å²) >= 11 is 4.64. The van der Waals surface area contributed by atoms with Crippen LogP contribution in [-0.4, -0.2) is 10.8 Å². The molecule has 0 bridgehead atoms. The molecule has 0 spiro atoms. The van der Waals surface area contributed by atoms with Crippen LogP contribution in [0.4, 0.5) is 0 Å². The number of rotatable bonds is 2. The number of thiol groups is 1. The minimum Gasteiger partial charge on any atom is -0.271 e. The monoisotopic (exact) mass is 202 g/mol. The Labute approximate surface area is 87.0 Å². The van der Waals surface area contributed by atoms with Gasteiger partial charge in [0.05, 0.1) is 0 Å². The number of nitrogens with two attached hydrogens (primary N) is 1. The summed E-state index contributed by atoms with van der Waals surface area (Å²) in [5.41, 5.74) is 2.94. The Morgan fingerprint density at radius 2 is 2.00 bits per heavy atom. The van der Waals surface area contributed by atoms with Gasteiger partial charge in [0, 0.05) is 10.8 Å². The summed E-state index contributed by atoms with van der Waals surface area (Å²) in [6.07, 6.45) is 3.74. The molecular formula is C10H22N2S. The van der Waals surface area contributed by atoms with Crippen molar-refractivity contribution in [2.45, 2.75) is 50.8 Å². The van der Waals surface area contributed by atoms with Gasteiger partial charge in [-0.3, -0.25) is 11.3 Å². The van der Waals surface area contributed by atoms with E-state index in [9.17, 15) is 0 Å². The summed E-state index contributed by atoms with van der Waals surface area (Å²) in [6, 6.07) is 0.441. The lowest BCUT2D eigenvalue weighted by atomic mass is 9.74. The van der Waals surface area contributed by atoms with Crippen LogP contribution in [0.5, 0.6) is 0 Å². The maximum Gasteiger partial charge on any atom is 0.0254 e. The summed E-state index contributed by atoms with van der Waals surface area (Å²) in [7, 11) is 0. The van der Waals surface area contributed by atoms with Gasteiger partial charge in [-0.2, -0.15) is 12.6 Å². The number of hydrazine groups is 1. The largest absolute Gasteiger partial charge is 0.271 e. The van der Waals surface area contributed by atoms with Crippen molar-refractivity contribution in [2.75, 3.05) is 0 Å². The molecule has 0 amide bonds. The maximum atomic E-state index is 5.57. The molecule has 0 aromatic rings. The van der Waals surface area contributed by atoms with Crippen LogP contribution in [0.15, 0.2) is 0 Å². The third kappa shape index (κ3) is 2.86. The van der Waals surface area contributed by atoms with Gasteiger partial charge in [0.25, 0.3) is 0 Å². The predicted octanol–water partition coefficient (Wildman–Crippen LogP) is 1.96. The molecular weight excluding hydrogens is 180 g/mol. The van der Waals surface area contributed by atoms with Gasteiger partial charge >= 0.3 is 0 Å². The van der Waals surface area contributed by atoms with Crippen LogP contribution in [-0.2, 0) is 0 Å². The lowest BCUT2D eigenvalue weighted by Gasteiger charge is -2.41. The van der Waals surface area contributed by atoms with Gasteiger partial charge in [0.1, 0.15) is 0 Å². The summed E-state index contributed by atoms with van der Waals surface area (Å²) in [5.74, 6) is 6.96. The van der Waals surface area contributed by atoms with E-state index in [0.29, 0.717) is 12.0 Å². The molecule has 0 aliphatic heterocycles. The van der Waals surface area contributed by atoms with Crippen molar-refractivity contribution in [1.82, 2.24) is 5.43 Å². The molecule has 2 nitrogen and oxygen atoms in total. The molecule has 0 radical (unpaired) electrons. The van der Waals surface area contributed by atoms with Crippen LogP contribution < -0.4 is 11.3 Å².